The zero-order valence-electron chi connectivity index (χ0n) is 8.69. The van der Waals surface area contributed by atoms with Crippen molar-refractivity contribution in [1.29, 1.82) is 0 Å². The fourth-order valence-corrected chi connectivity index (χ4v) is 1.79. The number of anilines is 1. The van der Waals surface area contributed by atoms with Gasteiger partial charge in [0.05, 0.1) is 5.69 Å². The van der Waals surface area contributed by atoms with E-state index in [1.807, 2.05) is 30.3 Å². The second-order valence-corrected chi connectivity index (χ2v) is 3.89. The van der Waals surface area contributed by atoms with Crippen molar-refractivity contribution in [3.05, 3.63) is 30.3 Å². The van der Waals surface area contributed by atoms with E-state index in [1.165, 1.54) is 0 Å². The Morgan fingerprint density at radius 1 is 1.19 bits per heavy atom. The molecule has 3 rings (SSSR count). The Balaban J connectivity index is 1.94. The molecule has 6 nitrogen and oxygen atoms in total. The van der Waals surface area contributed by atoms with Gasteiger partial charge in [0, 0.05) is 19.1 Å². The number of aromatic nitrogens is 4. The van der Waals surface area contributed by atoms with Crippen LogP contribution in [-0.4, -0.2) is 39.3 Å². The molecule has 0 unspecified atom stereocenters. The first-order valence-electron chi connectivity index (χ1n) is 5.19. The lowest BCUT2D eigenvalue weighted by molar-refractivity contribution is 0.504. The van der Waals surface area contributed by atoms with Gasteiger partial charge >= 0.3 is 0 Å². The first-order chi connectivity index (χ1) is 7.84. The highest BCUT2D eigenvalue weighted by Crippen LogP contribution is 2.19. The normalized spacial score (nSPS) is 16.2. The Morgan fingerprint density at radius 2 is 1.94 bits per heavy atom. The highest BCUT2D eigenvalue weighted by molar-refractivity contribution is 5.42. The van der Waals surface area contributed by atoms with Crippen molar-refractivity contribution in [2.45, 2.75) is 6.04 Å². The molecule has 0 saturated carbocycles. The molecule has 0 atom stereocenters. The van der Waals surface area contributed by atoms with Crippen LogP contribution >= 0.6 is 0 Å². The van der Waals surface area contributed by atoms with Gasteiger partial charge in [0.25, 0.3) is 0 Å². The molecule has 0 bridgehead atoms. The van der Waals surface area contributed by atoms with E-state index >= 15 is 0 Å². The standard InChI is InChI=1S/C10H12N6/c11-8-6-15(7-8)10-12-13-14-16(10)9-4-2-1-3-5-9/h1-5,8H,6-7,11H2. The van der Waals surface area contributed by atoms with Crippen molar-refractivity contribution in [3.8, 4) is 5.69 Å². The number of nitrogens with zero attached hydrogens (tertiary/aromatic N) is 5. The Labute approximate surface area is 92.7 Å². The molecule has 1 aliphatic heterocycles. The molecule has 6 heteroatoms. The van der Waals surface area contributed by atoms with Crippen molar-refractivity contribution >= 4 is 5.95 Å². The number of para-hydroxylation sites is 1. The minimum Gasteiger partial charge on any atom is -0.336 e. The Bertz CT molecular complexity index is 473. The quantitative estimate of drug-likeness (QED) is 0.753. The molecule has 0 radical (unpaired) electrons. The van der Waals surface area contributed by atoms with E-state index in [0.717, 1.165) is 24.7 Å². The van der Waals surface area contributed by atoms with Crippen molar-refractivity contribution in [2.24, 2.45) is 5.73 Å². The van der Waals surface area contributed by atoms with Crippen LogP contribution in [0.4, 0.5) is 5.95 Å². The average Bonchev–Trinajstić information content (AvgIpc) is 2.74. The molecule has 1 fully saturated rings. The molecule has 0 spiro atoms. The van der Waals surface area contributed by atoms with Crippen LogP contribution in [0.5, 0.6) is 0 Å². The topological polar surface area (TPSA) is 72.9 Å². The van der Waals surface area contributed by atoms with E-state index in [1.54, 1.807) is 4.68 Å². The first-order valence-corrected chi connectivity index (χ1v) is 5.19. The minimum atomic E-state index is 0.237. The number of hydrogen-bond acceptors (Lipinski definition) is 5. The van der Waals surface area contributed by atoms with E-state index < -0.39 is 0 Å². The van der Waals surface area contributed by atoms with Crippen molar-refractivity contribution in [3.63, 3.8) is 0 Å². The van der Waals surface area contributed by atoms with Gasteiger partial charge in [-0.2, -0.15) is 4.68 Å². The number of rotatable bonds is 2. The minimum absolute atomic E-state index is 0.237. The van der Waals surface area contributed by atoms with Gasteiger partial charge < -0.3 is 10.6 Å². The Morgan fingerprint density at radius 3 is 2.62 bits per heavy atom. The number of nitrogens with two attached hydrogens (primary N) is 1. The highest BCUT2D eigenvalue weighted by atomic mass is 15.6. The van der Waals surface area contributed by atoms with Crippen LogP contribution in [0, 0.1) is 0 Å². The van der Waals surface area contributed by atoms with Crippen LogP contribution in [0.15, 0.2) is 30.3 Å². The van der Waals surface area contributed by atoms with Crippen LogP contribution < -0.4 is 10.6 Å². The van der Waals surface area contributed by atoms with Crippen LogP contribution in [-0.2, 0) is 0 Å². The van der Waals surface area contributed by atoms with E-state index in [9.17, 15) is 0 Å². The van der Waals surface area contributed by atoms with Crippen LogP contribution in [0.2, 0.25) is 0 Å². The summed E-state index contributed by atoms with van der Waals surface area (Å²) in [5.41, 5.74) is 6.71. The smallest absolute Gasteiger partial charge is 0.250 e. The fourth-order valence-electron chi connectivity index (χ4n) is 1.79. The lowest BCUT2D eigenvalue weighted by Crippen LogP contribution is -2.56. The lowest BCUT2D eigenvalue weighted by Gasteiger charge is -2.36. The molecular weight excluding hydrogens is 204 g/mol. The summed E-state index contributed by atoms with van der Waals surface area (Å²) in [5, 5.41) is 11.7. The first kappa shape index (κ1) is 9.29. The average molecular weight is 216 g/mol. The summed E-state index contributed by atoms with van der Waals surface area (Å²) in [5.74, 6) is 0.757. The maximum Gasteiger partial charge on any atom is 0.250 e. The van der Waals surface area contributed by atoms with Crippen LogP contribution in [0.3, 0.4) is 0 Å². The van der Waals surface area contributed by atoms with E-state index in [-0.39, 0.29) is 6.04 Å². The molecule has 2 aromatic rings. The fraction of sp³-hybridized carbons (Fsp3) is 0.300. The van der Waals surface area contributed by atoms with Crippen molar-refractivity contribution in [1.82, 2.24) is 20.2 Å². The third-order valence-corrected chi connectivity index (χ3v) is 2.65. The van der Waals surface area contributed by atoms with Gasteiger partial charge in [-0.15, -0.1) is 0 Å². The van der Waals surface area contributed by atoms with Gasteiger partial charge in [-0.1, -0.05) is 23.3 Å². The van der Waals surface area contributed by atoms with Crippen molar-refractivity contribution < 1.29 is 0 Å². The largest absolute Gasteiger partial charge is 0.336 e. The van der Waals surface area contributed by atoms with Crippen LogP contribution in [0.25, 0.3) is 5.69 Å². The highest BCUT2D eigenvalue weighted by Gasteiger charge is 2.27. The summed E-state index contributed by atoms with van der Waals surface area (Å²) < 4.78 is 1.73. The molecule has 0 aliphatic carbocycles. The summed E-state index contributed by atoms with van der Waals surface area (Å²) in [7, 11) is 0. The zero-order chi connectivity index (χ0) is 11.0. The Kier molecular flexibility index (Phi) is 2.07. The second-order valence-electron chi connectivity index (χ2n) is 3.89. The van der Waals surface area contributed by atoms with Gasteiger partial charge in [-0.3, -0.25) is 0 Å². The molecule has 0 amide bonds. The molecule has 16 heavy (non-hydrogen) atoms. The van der Waals surface area contributed by atoms with E-state index in [2.05, 4.69) is 20.4 Å². The monoisotopic (exact) mass is 216 g/mol. The molecule has 1 aromatic heterocycles. The lowest BCUT2D eigenvalue weighted by atomic mass is 10.1. The van der Waals surface area contributed by atoms with Crippen LogP contribution in [0.1, 0.15) is 0 Å². The predicted octanol–water partition coefficient (Wildman–Crippen LogP) is -0.190. The summed E-state index contributed by atoms with van der Waals surface area (Å²) in [6.07, 6.45) is 0. The maximum absolute atomic E-state index is 5.74. The zero-order valence-corrected chi connectivity index (χ0v) is 8.69. The number of tetrazole rings is 1. The molecule has 1 aliphatic rings. The molecular formula is C10H12N6. The van der Waals surface area contributed by atoms with Gasteiger partial charge in [0.2, 0.25) is 5.95 Å². The van der Waals surface area contributed by atoms with Gasteiger partial charge in [0.15, 0.2) is 0 Å². The number of benzene rings is 1. The summed E-state index contributed by atoms with van der Waals surface area (Å²) in [6.45, 7) is 1.63. The molecule has 1 aromatic carbocycles. The van der Waals surface area contributed by atoms with E-state index in [0.29, 0.717) is 0 Å². The third-order valence-electron chi connectivity index (χ3n) is 2.65. The molecule has 82 valence electrons. The van der Waals surface area contributed by atoms with Gasteiger partial charge in [-0.25, -0.2) is 0 Å². The SMILES string of the molecule is NC1CN(c2nnnn2-c2ccccc2)C1. The van der Waals surface area contributed by atoms with E-state index in [4.69, 9.17) is 5.73 Å². The molecule has 2 heterocycles. The molecule has 2 N–H and O–H groups in total. The summed E-state index contributed by atoms with van der Waals surface area (Å²) >= 11 is 0. The summed E-state index contributed by atoms with van der Waals surface area (Å²) in [4.78, 5) is 2.07. The summed E-state index contributed by atoms with van der Waals surface area (Å²) in [6, 6.07) is 10.1. The van der Waals surface area contributed by atoms with Gasteiger partial charge in [0.1, 0.15) is 0 Å². The third kappa shape index (κ3) is 1.43. The number of hydrogen-bond donors (Lipinski definition) is 1. The van der Waals surface area contributed by atoms with Gasteiger partial charge in [-0.05, 0) is 22.6 Å². The maximum atomic E-state index is 5.74. The predicted molar refractivity (Wildman–Crippen MR) is 59.3 cm³/mol. The second kappa shape index (κ2) is 3.57. The Hall–Kier alpha value is -1.95. The van der Waals surface area contributed by atoms with Crippen molar-refractivity contribution in [2.75, 3.05) is 18.0 Å². The molecule has 1 saturated heterocycles.